The molecule has 520 valence electrons. The van der Waals surface area contributed by atoms with Crippen LogP contribution in [0, 0.1) is 0 Å². The third-order valence-corrected chi connectivity index (χ3v) is 21.6. The number of carbonyl (C=O) groups is 5. The van der Waals surface area contributed by atoms with Gasteiger partial charge in [0.25, 0.3) is 0 Å². The Kier molecular flexibility index (Phi) is 28.1. The Morgan fingerprint density at radius 3 is 1.20 bits per heavy atom. The second kappa shape index (κ2) is 34.2. The summed E-state index contributed by atoms with van der Waals surface area (Å²) in [4.78, 5) is 59.6. The van der Waals surface area contributed by atoms with Gasteiger partial charge in [0.1, 0.15) is 103 Å². The van der Waals surface area contributed by atoms with E-state index in [-0.39, 0.29) is 152 Å². The molecule has 92 heavy (non-hydrogen) atoms. The number of methoxy groups -OCH3 is 3. The van der Waals surface area contributed by atoms with Gasteiger partial charge in [0.15, 0.2) is 5.79 Å². The van der Waals surface area contributed by atoms with Crippen LogP contribution in [-0.4, -0.2) is 240 Å². The average Bonchev–Trinajstić information content (AvgIpc) is 1.27. The van der Waals surface area contributed by atoms with Gasteiger partial charge in [0, 0.05) is 54.7 Å². The van der Waals surface area contributed by atoms with Crippen molar-refractivity contribution in [2.24, 2.45) is 0 Å². The third kappa shape index (κ3) is 19.1. The molecule has 0 radical (unpaired) electrons. The topological polar surface area (TPSA) is 295 Å². The van der Waals surface area contributed by atoms with Crippen LogP contribution < -0.4 is 0 Å². The lowest BCUT2D eigenvalue weighted by molar-refractivity contribution is -0.292. The second-order valence-corrected chi connectivity index (χ2v) is 32.3. The fourth-order valence-electron chi connectivity index (χ4n) is 14.6. The molecule has 23 nitrogen and oxygen atoms in total. The lowest BCUT2D eigenvalue weighted by Gasteiger charge is -2.47. The smallest absolute Gasteiger partial charge is 0.308 e. The minimum absolute atomic E-state index is 0.00654. The maximum Gasteiger partial charge on any atom is 0.308 e. The van der Waals surface area contributed by atoms with Crippen LogP contribution in [0.25, 0.3) is 0 Å². The van der Waals surface area contributed by atoms with Crippen LogP contribution in [-0.2, 0) is 90.3 Å². The zero-order chi connectivity index (χ0) is 66.5. The molecule has 5 unspecified atom stereocenters. The largest absolute Gasteiger partial charge is 0.469 e. The number of aliphatic hydroxyl groups excluding tert-OH is 4. The van der Waals surface area contributed by atoms with Gasteiger partial charge in [-0.25, -0.2) is 0 Å². The molecule has 0 aromatic heterocycles. The van der Waals surface area contributed by atoms with Crippen molar-refractivity contribution in [3.8, 4) is 0 Å². The van der Waals surface area contributed by atoms with Gasteiger partial charge < -0.3 is 86.7 Å². The van der Waals surface area contributed by atoms with Gasteiger partial charge in [0.2, 0.25) is 0 Å². The van der Waals surface area contributed by atoms with E-state index in [0.717, 1.165) is 36.4 Å². The summed E-state index contributed by atoms with van der Waals surface area (Å²) >= 11 is 25.4. The molecule has 12 rings (SSSR count). The molecule has 6 bridgehead atoms. The molecule has 28 atom stereocenters. The number of alkyl halides is 3. The molecule has 0 saturated carbocycles. The molecule has 0 amide bonds. The Labute approximate surface area is 593 Å². The minimum atomic E-state index is -1.03. The Bertz CT molecular complexity index is 2490. The molecular formula is C63H88Cl3I3O23. The van der Waals surface area contributed by atoms with Crippen LogP contribution in [0.1, 0.15) is 135 Å². The van der Waals surface area contributed by atoms with Crippen LogP contribution in [0.5, 0.6) is 0 Å². The van der Waals surface area contributed by atoms with Gasteiger partial charge in [-0.15, -0.1) is 34.8 Å². The highest BCUT2D eigenvalue weighted by Gasteiger charge is 2.69. The lowest BCUT2D eigenvalue weighted by atomic mass is 9.87. The summed E-state index contributed by atoms with van der Waals surface area (Å²) in [5.41, 5.74) is 0. The van der Waals surface area contributed by atoms with E-state index in [4.69, 9.17) is 91.6 Å². The van der Waals surface area contributed by atoms with Crippen LogP contribution in [0.15, 0.2) is 30.5 Å². The standard InChI is InChI=1S/2C21H30ClIO8.C21H28ClIO7/c2*1-10(23)7-11(22)3-4-12(24)8-15-17(26)20-21(31-15)18(27)19-14(30-20)6-5-13(29-19)9-16(25)28-2;1-10(23)7-11(22)5-6-21-9-14-17(29-21)18-19(28-14)20(30-21)16-13(27-18)4-3-12(26-16)8-15(24)25-2/h2*11,13-15,17-21,26-27H,1,3-9H2,2H3;11-14,16-20H,1,3-9H2,2H3/t11-,13-,14+,15?,17+,18+,19+,20?,21+;11-,13-,14+,15+,17+,18+,19+,20?,21+;11-,12-,13+,14?,16+,17-,18?,19-,20+,21+/m111/s1. The Balaban J connectivity index is 0.000000163. The normalized spacial score (nSPS) is 41.0. The maximum atomic E-state index is 12.4. The average molecular weight is 1700 g/mol. The molecule has 12 aliphatic heterocycles. The van der Waals surface area contributed by atoms with Gasteiger partial charge >= 0.3 is 17.9 Å². The number of fused-ring (bicyclic) bond motifs is 5. The van der Waals surface area contributed by atoms with Crippen LogP contribution >= 0.6 is 103 Å². The lowest BCUT2D eigenvalue weighted by Crippen LogP contribution is -2.61. The van der Waals surface area contributed by atoms with Crippen molar-refractivity contribution in [3.05, 3.63) is 30.5 Å². The number of rotatable bonds is 25. The van der Waals surface area contributed by atoms with Gasteiger partial charge in [-0.3, -0.25) is 24.0 Å². The molecule has 12 saturated heterocycles. The number of aliphatic hydroxyl groups is 4. The maximum absolute atomic E-state index is 12.4. The van der Waals surface area contributed by atoms with Gasteiger partial charge in [-0.1, -0.05) is 19.7 Å². The summed E-state index contributed by atoms with van der Waals surface area (Å²) in [7, 11) is 4.04. The number of hydrogen-bond donors (Lipinski definition) is 4. The number of ketones is 2. The van der Waals surface area contributed by atoms with E-state index >= 15 is 0 Å². The van der Waals surface area contributed by atoms with Crippen molar-refractivity contribution in [1.29, 1.82) is 0 Å². The van der Waals surface area contributed by atoms with Crippen LogP contribution in [0.4, 0.5) is 0 Å². The molecule has 0 spiro atoms. The van der Waals surface area contributed by atoms with E-state index in [1.807, 2.05) is 0 Å². The summed E-state index contributed by atoms with van der Waals surface area (Å²) in [6.45, 7) is 11.6. The monoisotopic (exact) mass is 1700 g/mol. The number of carbonyl (C=O) groups excluding carboxylic acids is 5. The first-order chi connectivity index (χ1) is 43.7. The van der Waals surface area contributed by atoms with Crippen molar-refractivity contribution in [3.63, 3.8) is 0 Å². The summed E-state index contributed by atoms with van der Waals surface area (Å²) in [6, 6.07) is 0. The number of allylic oxidation sites excluding steroid dienone is 3. The predicted octanol–water partition coefficient (Wildman–Crippen LogP) is 7.32. The first-order valence-electron chi connectivity index (χ1n) is 31.9. The third-order valence-electron chi connectivity index (χ3n) is 19.1. The molecule has 29 heteroatoms. The predicted molar refractivity (Wildman–Crippen MR) is 356 cm³/mol. The quantitative estimate of drug-likeness (QED) is 0.0301. The number of esters is 3. The summed E-state index contributed by atoms with van der Waals surface area (Å²) in [5.74, 6) is -1.86. The second-order valence-electron chi connectivity index (χ2n) is 25.9. The van der Waals surface area contributed by atoms with Crippen LogP contribution in [0.2, 0.25) is 0 Å². The fourth-order valence-corrected chi connectivity index (χ4v) is 17.9. The van der Waals surface area contributed by atoms with Crippen LogP contribution in [0.3, 0.4) is 0 Å². The molecule has 12 fully saturated rings. The Morgan fingerprint density at radius 1 is 0.435 bits per heavy atom. The summed E-state index contributed by atoms with van der Waals surface area (Å²) in [6.07, 6.45) is -2.57. The molecule has 0 aromatic rings. The van der Waals surface area contributed by atoms with Crippen molar-refractivity contribution in [2.75, 3.05) is 21.3 Å². The molecule has 12 heterocycles. The molecule has 0 aliphatic carbocycles. The molecular weight excluding hydrogens is 1610 g/mol. The van der Waals surface area contributed by atoms with Crippen molar-refractivity contribution in [2.45, 2.75) is 303 Å². The summed E-state index contributed by atoms with van der Waals surface area (Å²) in [5, 5.41) is 42.7. The van der Waals surface area contributed by atoms with E-state index < -0.39 is 91.2 Å². The highest BCUT2D eigenvalue weighted by molar-refractivity contribution is 14.1. The molecule has 12 aliphatic rings. The SMILES string of the molecule is C=C(I)C[C@H](Cl)CCC(=O)CC1O[C@@H]2C(O[C@H]3CC[C@H](CC(=O)OC)O[C@@H]3[C@@H]2O)[C@H]1O.C=C(I)C[C@H](Cl)CCC(=O)C[C@@H]1O[C@@H]2C(O[C@H]3CC[C@H](CC(=O)OC)O[C@@H]3[C@@H]2O)[C@H]1O.C=C(I)C[C@H](Cl)CC[C@@]12CC3O[C@@H]4C(O[C@H]5CC[C@H](CC(=O)OC)O[C@@H]5[C@@H]4O1)[C@@H]3O2. The summed E-state index contributed by atoms with van der Waals surface area (Å²) < 4.78 is 84.8. The van der Waals surface area contributed by atoms with Crippen molar-refractivity contribution < 1.29 is 111 Å². The first kappa shape index (κ1) is 75.6. The van der Waals surface area contributed by atoms with E-state index in [9.17, 15) is 44.4 Å². The number of Topliss-reactive ketones (excluding diaryl/α,β-unsaturated/α-hetero) is 2. The number of hydrogen-bond acceptors (Lipinski definition) is 23. The Hall–Kier alpha value is -0.570. The highest BCUT2D eigenvalue weighted by Crippen LogP contribution is 2.54. The van der Waals surface area contributed by atoms with E-state index in [1.165, 1.54) is 21.3 Å². The number of halogens is 6. The Morgan fingerprint density at radius 2 is 0.783 bits per heavy atom. The highest BCUT2D eigenvalue weighted by atomic mass is 127. The minimum Gasteiger partial charge on any atom is -0.469 e. The zero-order valence-corrected chi connectivity index (χ0v) is 60.6. The van der Waals surface area contributed by atoms with Gasteiger partial charge in [-0.05, 0) is 156 Å². The zero-order valence-electron chi connectivity index (χ0n) is 51.9. The van der Waals surface area contributed by atoms with Crippen molar-refractivity contribution in [1.82, 2.24) is 0 Å². The fraction of sp³-hybridized carbons (Fsp3) is 0.825. The first-order valence-corrected chi connectivity index (χ1v) is 36.4. The van der Waals surface area contributed by atoms with E-state index in [1.54, 1.807) is 0 Å². The van der Waals surface area contributed by atoms with E-state index in [2.05, 4.69) is 97.0 Å². The molecule has 0 aromatic carbocycles. The van der Waals surface area contributed by atoms with Crippen molar-refractivity contribution >= 4 is 132 Å². The van der Waals surface area contributed by atoms with Gasteiger partial charge in [0.05, 0.1) is 95.5 Å². The van der Waals surface area contributed by atoms with Gasteiger partial charge in [-0.2, -0.15) is 0 Å². The number of ether oxygens (including phenoxy) is 14. The molecule has 4 N–H and O–H groups in total. The van der Waals surface area contributed by atoms with E-state index in [0.29, 0.717) is 64.2 Å².